The Morgan fingerprint density at radius 2 is 0.909 bits per heavy atom. The maximum absolute atomic E-state index is 4.90. The van der Waals surface area contributed by atoms with Gasteiger partial charge in [-0.2, -0.15) is 0 Å². The second-order valence-electron chi connectivity index (χ2n) is 2.47. The van der Waals surface area contributed by atoms with E-state index in [1.165, 1.54) is 0 Å². The number of nitrogens with two attached hydrogens (primary N) is 2. The van der Waals surface area contributed by atoms with Gasteiger partial charge in [0.1, 0.15) is 0 Å². The van der Waals surface area contributed by atoms with Crippen LogP contribution in [-0.2, 0) is 15.5 Å². The molecule has 0 aromatic heterocycles. The molecular weight excluding hydrogens is 460 g/mol. The first kappa shape index (κ1) is 23.1. The van der Waals surface area contributed by atoms with E-state index in [1.807, 2.05) is 0 Å². The molecule has 0 heterocycles. The molecule has 0 bridgehead atoms. The molecule has 0 aliphatic heterocycles. The van der Waals surface area contributed by atoms with Gasteiger partial charge in [0.25, 0.3) is 0 Å². The van der Waals surface area contributed by atoms with Crippen molar-refractivity contribution in [1.82, 2.24) is 0 Å². The van der Waals surface area contributed by atoms with Crippen LogP contribution < -0.4 is 59.4 Å². The van der Waals surface area contributed by atoms with Gasteiger partial charge in [-0.15, -0.1) is 0 Å². The van der Waals surface area contributed by atoms with Gasteiger partial charge in [-0.1, -0.05) is 0 Å². The maximum atomic E-state index is 4.90. The fourth-order valence-electron chi connectivity index (χ4n) is 0. The van der Waals surface area contributed by atoms with Crippen LogP contribution in [0.4, 0.5) is 0 Å². The summed E-state index contributed by atoms with van der Waals surface area (Å²) in [6.07, 6.45) is 0. The quantitative estimate of drug-likeness (QED) is 0.293. The third-order valence-electron chi connectivity index (χ3n) is 0.167. The summed E-state index contributed by atoms with van der Waals surface area (Å²) in [5.41, 5.74) is 9.81. The van der Waals surface area contributed by atoms with Gasteiger partial charge in [0.15, 0.2) is 0 Å². The van der Waals surface area contributed by atoms with E-state index in [-0.39, 0.29) is 48.0 Å². The molecule has 0 atom stereocenters. The Balaban J connectivity index is -0.0000000383. The smallest absolute Gasteiger partial charge is 1.00 e. The summed E-state index contributed by atoms with van der Waals surface area (Å²) < 4.78 is 0. The normalized spacial score (nSPS) is 9.64. The zero-order valence-corrected chi connectivity index (χ0v) is 13.5. The summed E-state index contributed by atoms with van der Waals surface area (Å²) in [5.74, 6) is 0. The van der Waals surface area contributed by atoms with Gasteiger partial charge in [-0.25, -0.2) is 0 Å². The molecule has 0 saturated heterocycles. The zero-order valence-electron chi connectivity index (χ0n) is 7.64. The Labute approximate surface area is 108 Å². The van der Waals surface area contributed by atoms with Crippen molar-refractivity contribution in [3.8, 4) is 0 Å². The van der Waals surface area contributed by atoms with E-state index in [4.69, 9.17) is 11.5 Å². The molecule has 0 aliphatic carbocycles. The molecule has 0 spiro atoms. The molecule has 5 heteroatoms. The van der Waals surface area contributed by atoms with Gasteiger partial charge in [-0.05, 0) is 0 Å². The zero-order chi connectivity index (χ0) is 7.91. The topological polar surface area (TPSA) is 52.0 Å². The average Bonchev–Trinajstić information content (AvgIpc) is 1.61. The van der Waals surface area contributed by atoms with E-state index in [9.17, 15) is 0 Å². The molecule has 0 rings (SSSR count). The summed E-state index contributed by atoms with van der Waals surface area (Å²) in [7, 11) is 0. The molecule has 0 aromatic rings. The van der Waals surface area contributed by atoms with Crippen molar-refractivity contribution in [3.05, 3.63) is 0 Å². The second kappa shape index (κ2) is 14.6. The summed E-state index contributed by atoms with van der Waals surface area (Å²) >= 11 is -0.700. The van der Waals surface area contributed by atoms with Crippen LogP contribution in [0.15, 0.2) is 0 Å². The molecule has 0 saturated carbocycles. The largest absolute Gasteiger partial charge is 1.00 e. The first-order chi connectivity index (χ1) is 3.91. The van der Waals surface area contributed by atoms with Gasteiger partial charge in [0, 0.05) is 13.1 Å². The van der Waals surface area contributed by atoms with Crippen molar-refractivity contribution in [2.45, 2.75) is 21.6 Å². The van der Waals surface area contributed by atoms with Crippen molar-refractivity contribution < 1.29 is 63.5 Å². The van der Waals surface area contributed by atoms with Gasteiger partial charge in [-0.3, -0.25) is 0 Å². The standard InChI is InChI=1S/C2H8N2.4CH3.2HI.Pd/c3-1-2-4;;;;;;;/h1-4H2;4*1H3;2*1H;/q;;;;;;;+2/p-2. The third-order valence-corrected chi connectivity index (χ3v) is 0.167. The average molecular weight is 480 g/mol. The van der Waals surface area contributed by atoms with Crippen LogP contribution in [0.1, 0.15) is 0 Å². The molecule has 0 aromatic carbocycles. The van der Waals surface area contributed by atoms with Gasteiger partial charge in [0.2, 0.25) is 0 Å². The van der Waals surface area contributed by atoms with Crippen molar-refractivity contribution >= 4 is 0 Å². The molecule has 2 nitrogen and oxygen atoms in total. The Morgan fingerprint density at radius 1 is 0.818 bits per heavy atom. The molecule has 0 unspecified atom stereocenters. The van der Waals surface area contributed by atoms with Crippen LogP contribution in [-0.4, -0.2) is 13.1 Å². The van der Waals surface area contributed by atoms with E-state index >= 15 is 0 Å². The maximum Gasteiger partial charge on any atom is -1.00 e. The van der Waals surface area contributed by atoms with Gasteiger partial charge >= 0.3 is 37.1 Å². The minimum atomic E-state index is -0.700. The minimum absolute atomic E-state index is 0. The van der Waals surface area contributed by atoms with E-state index in [0.717, 1.165) is 0 Å². The predicted molar refractivity (Wildman–Crippen MR) is 41.6 cm³/mol. The molecule has 0 amide bonds. The molecule has 78 valence electrons. The van der Waals surface area contributed by atoms with Crippen molar-refractivity contribution in [2.24, 2.45) is 11.5 Å². The van der Waals surface area contributed by atoms with Crippen LogP contribution >= 0.6 is 0 Å². The number of rotatable bonds is 1. The van der Waals surface area contributed by atoms with Crippen LogP contribution in [0.25, 0.3) is 0 Å². The van der Waals surface area contributed by atoms with E-state index in [1.54, 1.807) is 0 Å². The first-order valence-corrected chi connectivity index (χ1v) is 8.80. The number of hydrogen-bond acceptors (Lipinski definition) is 2. The number of halogens is 2. The van der Waals surface area contributed by atoms with Crippen LogP contribution in [0.2, 0.25) is 21.6 Å². The predicted octanol–water partition coefficient (Wildman–Crippen LogP) is -4.76. The fraction of sp³-hybridized carbons (Fsp3) is 1.00. The van der Waals surface area contributed by atoms with Crippen LogP contribution in [0, 0.1) is 0 Å². The fourth-order valence-corrected chi connectivity index (χ4v) is 0. The summed E-state index contributed by atoms with van der Waals surface area (Å²) in [6.45, 7) is 1.19. The Bertz CT molecular complexity index is 49.0. The van der Waals surface area contributed by atoms with Crippen LogP contribution in [0.5, 0.6) is 0 Å². The Morgan fingerprint density at radius 3 is 0.909 bits per heavy atom. The van der Waals surface area contributed by atoms with Crippen molar-refractivity contribution in [1.29, 1.82) is 0 Å². The second-order valence-corrected chi connectivity index (χ2v) is 11.8. The minimum Gasteiger partial charge on any atom is -1.00 e. The number of hydrogen-bond donors (Lipinski definition) is 2. The van der Waals surface area contributed by atoms with Crippen molar-refractivity contribution in [3.63, 3.8) is 0 Å². The summed E-state index contributed by atoms with van der Waals surface area (Å²) in [6, 6.07) is 0. The van der Waals surface area contributed by atoms with Gasteiger partial charge in [0.05, 0.1) is 0 Å². The Kier molecular flexibility index (Phi) is 30.6. The van der Waals surface area contributed by atoms with E-state index < -0.39 is 15.5 Å². The SMILES string of the molecule is NCCN.[CH3][Pd+2]([CH3])([CH3])[CH3].[I-].[I-]. The van der Waals surface area contributed by atoms with Gasteiger partial charge < -0.3 is 59.4 Å². The summed E-state index contributed by atoms with van der Waals surface area (Å²) in [4.78, 5) is 0. The third kappa shape index (κ3) is 131. The molecular formula is C6H20I2N2Pd. The first-order valence-electron chi connectivity index (χ1n) is 2.58. The Hall–Kier alpha value is 2.04. The van der Waals surface area contributed by atoms with E-state index in [2.05, 4.69) is 21.6 Å². The summed E-state index contributed by atoms with van der Waals surface area (Å²) in [5, 5.41) is 9.35. The monoisotopic (exact) mass is 480 g/mol. The van der Waals surface area contributed by atoms with Crippen LogP contribution in [0.3, 0.4) is 0 Å². The molecule has 0 aliphatic rings. The molecule has 0 fully saturated rings. The molecule has 0 radical (unpaired) electrons. The molecule has 11 heavy (non-hydrogen) atoms. The van der Waals surface area contributed by atoms with Crippen molar-refractivity contribution in [2.75, 3.05) is 13.1 Å². The molecule has 4 N–H and O–H groups in total. The van der Waals surface area contributed by atoms with E-state index in [0.29, 0.717) is 13.1 Å².